The van der Waals surface area contributed by atoms with Gasteiger partial charge < -0.3 is 20.5 Å². The summed E-state index contributed by atoms with van der Waals surface area (Å²) in [6.07, 6.45) is 2.34. The van der Waals surface area contributed by atoms with E-state index in [0.717, 1.165) is 25.8 Å². The molecule has 3 N–H and O–H groups in total. The molecule has 1 fully saturated rings. The molecule has 20 heavy (non-hydrogen) atoms. The standard InChI is InChI=1S/C15H30N2O3/c1-14(2,3)20-13(19)17-12-8-11(9-12)16-10-15(4,5)6-7-18/h11-12,16,18H,6-10H2,1-5H3,(H,17,19). The monoisotopic (exact) mass is 286 g/mol. The molecular weight excluding hydrogens is 256 g/mol. The topological polar surface area (TPSA) is 70.6 Å². The van der Waals surface area contributed by atoms with E-state index in [1.54, 1.807) is 0 Å². The van der Waals surface area contributed by atoms with Gasteiger partial charge in [-0.25, -0.2) is 4.79 Å². The van der Waals surface area contributed by atoms with Crippen LogP contribution in [0.4, 0.5) is 4.79 Å². The Labute approximate surface area is 122 Å². The molecule has 1 amide bonds. The van der Waals surface area contributed by atoms with Crippen molar-refractivity contribution in [2.75, 3.05) is 13.2 Å². The largest absolute Gasteiger partial charge is 0.444 e. The van der Waals surface area contributed by atoms with Crippen molar-refractivity contribution in [2.24, 2.45) is 5.41 Å². The SMILES string of the molecule is CC(C)(CCO)CNC1CC(NC(=O)OC(C)(C)C)C1. The summed E-state index contributed by atoms with van der Waals surface area (Å²) in [5, 5.41) is 15.4. The van der Waals surface area contributed by atoms with E-state index in [0.29, 0.717) is 6.04 Å². The third-order valence-corrected chi connectivity index (χ3v) is 3.52. The number of ether oxygens (including phenoxy) is 1. The Hall–Kier alpha value is -0.810. The van der Waals surface area contributed by atoms with E-state index < -0.39 is 5.60 Å². The van der Waals surface area contributed by atoms with Gasteiger partial charge in [-0.3, -0.25) is 0 Å². The van der Waals surface area contributed by atoms with Crippen LogP contribution in [0.2, 0.25) is 0 Å². The van der Waals surface area contributed by atoms with Crippen molar-refractivity contribution in [3.63, 3.8) is 0 Å². The fourth-order valence-corrected chi connectivity index (χ4v) is 2.19. The van der Waals surface area contributed by atoms with Crippen LogP contribution in [0, 0.1) is 5.41 Å². The van der Waals surface area contributed by atoms with E-state index in [-0.39, 0.29) is 24.2 Å². The number of hydrogen-bond donors (Lipinski definition) is 3. The molecule has 0 bridgehead atoms. The lowest BCUT2D eigenvalue weighted by Crippen LogP contribution is -2.54. The maximum atomic E-state index is 11.6. The zero-order chi connectivity index (χ0) is 15.4. The van der Waals surface area contributed by atoms with Crippen LogP contribution >= 0.6 is 0 Å². The molecule has 0 spiro atoms. The molecule has 0 aromatic heterocycles. The zero-order valence-corrected chi connectivity index (χ0v) is 13.5. The summed E-state index contributed by atoms with van der Waals surface area (Å²) in [6.45, 7) is 11.0. The van der Waals surface area contributed by atoms with Crippen LogP contribution in [0.15, 0.2) is 0 Å². The Morgan fingerprint density at radius 1 is 1.20 bits per heavy atom. The Balaban J connectivity index is 2.16. The first-order valence-electron chi connectivity index (χ1n) is 7.45. The van der Waals surface area contributed by atoms with E-state index in [2.05, 4.69) is 24.5 Å². The second kappa shape index (κ2) is 6.76. The molecule has 1 saturated carbocycles. The van der Waals surface area contributed by atoms with E-state index in [1.165, 1.54) is 0 Å². The fraction of sp³-hybridized carbons (Fsp3) is 0.933. The summed E-state index contributed by atoms with van der Waals surface area (Å²) >= 11 is 0. The predicted octanol–water partition coefficient (Wildman–Crippen LogP) is 2.04. The van der Waals surface area contributed by atoms with E-state index >= 15 is 0 Å². The second-order valence-electron chi connectivity index (χ2n) is 7.53. The van der Waals surface area contributed by atoms with Crippen molar-refractivity contribution in [2.45, 2.75) is 71.6 Å². The number of aliphatic hydroxyl groups excluding tert-OH is 1. The van der Waals surface area contributed by atoms with Crippen LogP contribution in [-0.4, -0.2) is 42.0 Å². The normalized spacial score (nSPS) is 23.1. The Bertz CT molecular complexity index is 318. The summed E-state index contributed by atoms with van der Waals surface area (Å²) < 4.78 is 5.23. The Morgan fingerprint density at radius 3 is 2.30 bits per heavy atom. The van der Waals surface area contributed by atoms with Crippen LogP contribution in [0.1, 0.15) is 53.9 Å². The van der Waals surface area contributed by atoms with Crippen LogP contribution in [0.3, 0.4) is 0 Å². The lowest BCUT2D eigenvalue weighted by molar-refractivity contribution is 0.0462. The summed E-state index contributed by atoms with van der Waals surface area (Å²) in [5.41, 5.74) is -0.335. The second-order valence-corrected chi connectivity index (χ2v) is 7.53. The number of carbonyl (C=O) groups is 1. The van der Waals surface area contributed by atoms with Gasteiger partial charge in [-0.2, -0.15) is 0 Å². The molecule has 118 valence electrons. The van der Waals surface area contributed by atoms with Gasteiger partial charge in [-0.05, 0) is 45.4 Å². The quantitative estimate of drug-likeness (QED) is 0.699. The minimum absolute atomic E-state index is 0.110. The van der Waals surface area contributed by atoms with E-state index in [9.17, 15) is 4.79 Å². The van der Waals surface area contributed by atoms with Crippen molar-refractivity contribution >= 4 is 6.09 Å². The number of nitrogens with one attached hydrogen (secondary N) is 2. The molecule has 0 saturated heterocycles. The zero-order valence-electron chi connectivity index (χ0n) is 13.5. The van der Waals surface area contributed by atoms with Gasteiger partial charge in [0.25, 0.3) is 0 Å². The van der Waals surface area contributed by atoms with Gasteiger partial charge in [0.2, 0.25) is 0 Å². The molecule has 0 heterocycles. The molecule has 0 aromatic rings. The first-order chi connectivity index (χ1) is 9.11. The highest BCUT2D eigenvalue weighted by atomic mass is 16.6. The highest BCUT2D eigenvalue weighted by molar-refractivity contribution is 5.68. The van der Waals surface area contributed by atoms with Crippen molar-refractivity contribution in [1.29, 1.82) is 0 Å². The molecule has 1 aliphatic rings. The molecule has 0 aromatic carbocycles. The molecule has 1 rings (SSSR count). The first-order valence-corrected chi connectivity index (χ1v) is 7.45. The molecule has 0 aliphatic heterocycles. The van der Waals surface area contributed by atoms with Crippen LogP contribution in [0.5, 0.6) is 0 Å². The number of carbonyl (C=O) groups excluding carboxylic acids is 1. The van der Waals surface area contributed by atoms with Gasteiger partial charge in [-0.1, -0.05) is 13.8 Å². The Kier molecular flexibility index (Phi) is 5.83. The summed E-state index contributed by atoms with van der Waals surface area (Å²) in [7, 11) is 0. The van der Waals surface area contributed by atoms with Gasteiger partial charge in [-0.15, -0.1) is 0 Å². The van der Waals surface area contributed by atoms with Crippen LogP contribution in [-0.2, 0) is 4.74 Å². The molecular formula is C15H30N2O3. The summed E-state index contributed by atoms with van der Waals surface area (Å²) in [4.78, 5) is 11.6. The van der Waals surface area contributed by atoms with Crippen molar-refractivity contribution < 1.29 is 14.6 Å². The number of rotatable bonds is 6. The minimum atomic E-state index is -0.445. The molecule has 0 unspecified atom stereocenters. The first kappa shape index (κ1) is 17.2. The summed E-state index contributed by atoms with van der Waals surface area (Å²) in [5.74, 6) is 0. The lowest BCUT2D eigenvalue weighted by atomic mass is 9.84. The average molecular weight is 286 g/mol. The average Bonchev–Trinajstić information content (AvgIpc) is 2.18. The predicted molar refractivity (Wildman–Crippen MR) is 79.7 cm³/mol. The van der Waals surface area contributed by atoms with E-state index in [4.69, 9.17) is 9.84 Å². The molecule has 5 heteroatoms. The smallest absolute Gasteiger partial charge is 0.407 e. The number of aliphatic hydroxyl groups is 1. The maximum Gasteiger partial charge on any atom is 0.407 e. The van der Waals surface area contributed by atoms with E-state index in [1.807, 2.05) is 20.8 Å². The molecule has 0 radical (unpaired) electrons. The molecule has 0 atom stereocenters. The lowest BCUT2D eigenvalue weighted by Gasteiger charge is -2.38. The van der Waals surface area contributed by atoms with Gasteiger partial charge in [0.1, 0.15) is 5.60 Å². The van der Waals surface area contributed by atoms with Gasteiger partial charge in [0.15, 0.2) is 0 Å². The van der Waals surface area contributed by atoms with Crippen LogP contribution in [0.25, 0.3) is 0 Å². The van der Waals surface area contributed by atoms with Crippen molar-refractivity contribution in [1.82, 2.24) is 10.6 Å². The van der Waals surface area contributed by atoms with Gasteiger partial charge in [0.05, 0.1) is 0 Å². The highest BCUT2D eigenvalue weighted by Crippen LogP contribution is 2.24. The van der Waals surface area contributed by atoms with Gasteiger partial charge in [0, 0.05) is 25.2 Å². The summed E-state index contributed by atoms with van der Waals surface area (Å²) in [6, 6.07) is 0.663. The number of alkyl carbamates (subject to hydrolysis) is 1. The minimum Gasteiger partial charge on any atom is -0.444 e. The van der Waals surface area contributed by atoms with Gasteiger partial charge >= 0.3 is 6.09 Å². The number of hydrogen-bond acceptors (Lipinski definition) is 4. The molecule has 1 aliphatic carbocycles. The number of amides is 1. The Morgan fingerprint density at radius 2 is 1.80 bits per heavy atom. The maximum absolute atomic E-state index is 11.6. The van der Waals surface area contributed by atoms with Crippen molar-refractivity contribution in [3.05, 3.63) is 0 Å². The third kappa shape index (κ3) is 6.57. The highest BCUT2D eigenvalue weighted by Gasteiger charge is 2.32. The molecule has 5 nitrogen and oxygen atoms in total. The fourth-order valence-electron chi connectivity index (χ4n) is 2.19. The third-order valence-electron chi connectivity index (χ3n) is 3.52. The van der Waals surface area contributed by atoms with Crippen molar-refractivity contribution in [3.8, 4) is 0 Å². The van der Waals surface area contributed by atoms with Crippen LogP contribution < -0.4 is 10.6 Å².